The molecule has 4 aromatic rings. The maximum atomic E-state index is 9.15. The number of aromatic nitrogens is 2. The lowest BCUT2D eigenvalue weighted by Crippen LogP contribution is -2.30. The van der Waals surface area contributed by atoms with Gasteiger partial charge in [-0.25, -0.2) is 4.57 Å². The van der Waals surface area contributed by atoms with Crippen LogP contribution in [0.2, 0.25) is 0 Å². The molecule has 0 atom stereocenters. The summed E-state index contributed by atoms with van der Waals surface area (Å²) >= 11 is 0. The van der Waals surface area contributed by atoms with Crippen molar-refractivity contribution in [3.63, 3.8) is 0 Å². The van der Waals surface area contributed by atoms with E-state index in [2.05, 4.69) is 0 Å². The standard InChI is InChI=1S/C28H33N2/c1-18(2)22-11-10-12-23(19(3)4)27(22)30-26-14-9-8-13-25(26)29(7)28(30)24-16-15-20(5)17-21(24)6/h8-19H,1-7H3/q+1/i1D3,2D3,3D3,4D3,5D3,18D,19D. The van der Waals surface area contributed by atoms with Gasteiger partial charge in [-0.2, -0.15) is 4.57 Å². The predicted octanol–water partition coefficient (Wildman–Crippen LogP) is 6.99. The number of fused-ring (bicyclic) bond motifs is 1. The van der Waals surface area contributed by atoms with E-state index in [4.69, 9.17) is 23.3 Å². The Labute approximate surface area is 204 Å². The van der Waals surface area contributed by atoms with Crippen LogP contribution in [0.5, 0.6) is 0 Å². The van der Waals surface area contributed by atoms with Crippen LogP contribution in [0.15, 0.2) is 60.7 Å². The average Bonchev–Trinajstić information content (AvgIpc) is 3.20. The first kappa shape index (κ1) is 8.34. The predicted molar refractivity (Wildman–Crippen MR) is 128 cm³/mol. The van der Waals surface area contributed by atoms with Gasteiger partial charge in [-0.1, -0.05) is 75.4 Å². The first-order valence-electron chi connectivity index (χ1n) is 17.9. The minimum absolute atomic E-state index is 0.00936. The van der Waals surface area contributed by atoms with Crippen LogP contribution in [0.4, 0.5) is 0 Å². The van der Waals surface area contributed by atoms with E-state index in [0.717, 1.165) is 18.2 Å². The molecule has 0 bridgehead atoms. The SMILES string of the molecule is [2H]C([2H])([2H])c1ccc(-c2n(-c3c(C([2H])(C([2H])([2H])[2H])C([2H])([2H])[2H])cccc3C([2H])(C([2H])([2H])[2H])C([2H])([2H])[2H])c3ccccc3[n+]2C)c(C)c1. The zero-order valence-electron chi connectivity index (χ0n) is 33.7. The first-order valence-corrected chi connectivity index (χ1v) is 9.37. The number of benzene rings is 3. The second-order valence-electron chi connectivity index (χ2n) is 7.19. The van der Waals surface area contributed by atoms with Crippen molar-refractivity contribution in [2.24, 2.45) is 7.05 Å². The van der Waals surface area contributed by atoms with Crippen molar-refractivity contribution in [1.82, 2.24) is 4.57 Å². The van der Waals surface area contributed by atoms with Crippen LogP contribution in [0, 0.1) is 13.8 Å². The van der Waals surface area contributed by atoms with Gasteiger partial charge in [0, 0.05) is 34.4 Å². The van der Waals surface area contributed by atoms with E-state index < -0.39 is 62.9 Å². The molecule has 0 aliphatic carbocycles. The zero-order valence-corrected chi connectivity index (χ0v) is 16.7. The number of para-hydroxylation sites is 3. The Bertz CT molecular complexity index is 1730. The highest BCUT2D eigenvalue weighted by molar-refractivity contribution is 5.81. The third kappa shape index (κ3) is 3.25. The summed E-state index contributed by atoms with van der Waals surface area (Å²) in [7, 11) is 1.61. The maximum Gasteiger partial charge on any atom is 0.295 e. The van der Waals surface area contributed by atoms with E-state index in [1.165, 1.54) is 22.8 Å². The van der Waals surface area contributed by atoms with Crippen molar-refractivity contribution in [3.05, 3.63) is 82.9 Å². The number of hydrogen-bond acceptors (Lipinski definition) is 0. The molecule has 2 nitrogen and oxygen atoms in total. The van der Waals surface area contributed by atoms with Gasteiger partial charge in [-0.15, -0.1) is 0 Å². The molecule has 4 rings (SSSR count). The molecule has 1 heterocycles. The molecule has 0 fully saturated rings. The summed E-state index contributed by atoms with van der Waals surface area (Å²) in [4.78, 5) is 0. The Hall–Kier alpha value is -2.87. The highest BCUT2D eigenvalue weighted by atomic mass is 15.2. The summed E-state index contributed by atoms with van der Waals surface area (Å²) in [5, 5.41) is 0. The average molecular weight is 415 g/mol. The molecule has 0 amide bonds. The molecule has 0 unspecified atom stereocenters. The Morgan fingerprint density at radius 2 is 1.60 bits per heavy atom. The fourth-order valence-electron chi connectivity index (χ4n) is 3.94. The molecule has 154 valence electrons. The van der Waals surface area contributed by atoms with Crippen molar-refractivity contribution in [2.75, 3.05) is 0 Å². The molecule has 0 radical (unpaired) electrons. The van der Waals surface area contributed by atoms with Gasteiger partial charge in [0.05, 0.1) is 12.6 Å². The van der Waals surface area contributed by atoms with Gasteiger partial charge in [0.15, 0.2) is 11.0 Å². The van der Waals surface area contributed by atoms with Gasteiger partial charge < -0.3 is 0 Å². The van der Waals surface area contributed by atoms with Crippen molar-refractivity contribution in [1.29, 1.82) is 0 Å². The molecule has 2 heteroatoms. The second-order valence-corrected chi connectivity index (χ2v) is 7.19. The molecular formula is C28H33N2+. The number of imidazole rings is 1. The van der Waals surface area contributed by atoms with Crippen LogP contribution in [0.1, 0.15) is 84.8 Å². The smallest absolute Gasteiger partial charge is 0.225 e. The van der Waals surface area contributed by atoms with E-state index in [-0.39, 0.29) is 16.9 Å². The van der Waals surface area contributed by atoms with Gasteiger partial charge in [-0.05, 0) is 49.3 Å². The quantitative estimate of drug-likeness (QED) is 0.318. The van der Waals surface area contributed by atoms with Gasteiger partial charge in [0.1, 0.15) is 5.69 Å². The lowest BCUT2D eigenvalue weighted by molar-refractivity contribution is -0.633. The van der Waals surface area contributed by atoms with Crippen LogP contribution >= 0.6 is 0 Å². The van der Waals surface area contributed by atoms with E-state index in [1.54, 1.807) is 42.8 Å². The first-order chi connectivity index (χ1) is 21.1. The van der Waals surface area contributed by atoms with Crippen molar-refractivity contribution in [3.8, 4) is 17.1 Å². The van der Waals surface area contributed by atoms with Crippen molar-refractivity contribution >= 4 is 11.0 Å². The van der Waals surface area contributed by atoms with E-state index in [1.807, 2.05) is 0 Å². The minimum atomic E-state index is -3.57. The normalized spacial score (nSPS) is 22.9. The molecule has 0 aliphatic heterocycles. The fourth-order valence-corrected chi connectivity index (χ4v) is 3.94. The highest BCUT2D eigenvalue weighted by Crippen LogP contribution is 2.37. The van der Waals surface area contributed by atoms with E-state index in [9.17, 15) is 0 Å². The Morgan fingerprint density at radius 3 is 2.23 bits per heavy atom. The van der Waals surface area contributed by atoms with Crippen molar-refractivity contribution in [2.45, 2.75) is 53.0 Å². The lowest BCUT2D eigenvalue weighted by atomic mass is 9.92. The topological polar surface area (TPSA) is 8.81 Å². The van der Waals surface area contributed by atoms with Crippen LogP contribution in [-0.2, 0) is 7.05 Å². The largest absolute Gasteiger partial charge is 0.295 e. The summed E-state index contributed by atoms with van der Waals surface area (Å²) in [5.41, 5.74) is -0.648. The van der Waals surface area contributed by atoms with E-state index in [0.29, 0.717) is 16.6 Å². The number of rotatable bonds is 4. The molecular weight excluding hydrogens is 364 g/mol. The second kappa shape index (κ2) is 7.75. The van der Waals surface area contributed by atoms with E-state index >= 15 is 0 Å². The van der Waals surface area contributed by atoms with Gasteiger partial charge in [-0.3, -0.25) is 0 Å². The van der Waals surface area contributed by atoms with Gasteiger partial charge in [0.25, 0.3) is 5.82 Å². The van der Waals surface area contributed by atoms with Crippen LogP contribution in [0.3, 0.4) is 0 Å². The molecule has 0 N–H and O–H groups in total. The third-order valence-corrected chi connectivity index (χ3v) is 5.28. The maximum absolute atomic E-state index is 9.15. The molecule has 3 aromatic carbocycles. The fraction of sp³-hybridized carbons (Fsp3) is 0.321. The van der Waals surface area contributed by atoms with Gasteiger partial charge >= 0.3 is 0 Å². The summed E-state index contributed by atoms with van der Waals surface area (Å²) in [5.74, 6) is -6.75. The summed E-state index contributed by atoms with van der Waals surface area (Å²) in [6.45, 7) is -15.1. The zero-order chi connectivity index (χ0) is 35.9. The van der Waals surface area contributed by atoms with Gasteiger partial charge in [0.2, 0.25) is 0 Å². The molecule has 0 aliphatic rings. The molecule has 0 spiro atoms. The molecule has 0 saturated carbocycles. The number of hydrogen-bond donors (Lipinski definition) is 0. The lowest BCUT2D eigenvalue weighted by Gasteiger charge is -2.18. The highest BCUT2D eigenvalue weighted by Gasteiger charge is 2.30. The molecule has 30 heavy (non-hydrogen) atoms. The summed E-state index contributed by atoms with van der Waals surface area (Å²) < 4.78 is 144. The van der Waals surface area contributed by atoms with Crippen LogP contribution < -0.4 is 4.57 Å². The molecule has 1 aromatic heterocycles. The summed E-state index contributed by atoms with van der Waals surface area (Å²) in [6, 6.07) is 13.8. The Balaban J connectivity index is 2.40. The monoisotopic (exact) mass is 414 g/mol. The minimum Gasteiger partial charge on any atom is -0.225 e. The third-order valence-electron chi connectivity index (χ3n) is 5.28. The Morgan fingerprint density at radius 1 is 0.900 bits per heavy atom. The van der Waals surface area contributed by atoms with Crippen molar-refractivity contribution < 1.29 is 27.9 Å². The number of nitrogens with zero attached hydrogens (tertiary/aromatic N) is 2. The number of aryl methyl sites for hydroxylation is 3. The summed E-state index contributed by atoms with van der Waals surface area (Å²) in [6.07, 6.45) is 0. The molecule has 0 saturated heterocycles. The van der Waals surface area contributed by atoms with Crippen LogP contribution in [0.25, 0.3) is 28.1 Å². The Kier molecular flexibility index (Phi) is 2.16. The van der Waals surface area contributed by atoms with Crippen LogP contribution in [-0.4, -0.2) is 4.57 Å².